The summed E-state index contributed by atoms with van der Waals surface area (Å²) in [6.45, 7) is 2.31. The highest BCUT2D eigenvalue weighted by molar-refractivity contribution is 7.99. The van der Waals surface area contributed by atoms with Gasteiger partial charge >= 0.3 is 0 Å². The molecule has 0 unspecified atom stereocenters. The zero-order chi connectivity index (χ0) is 16.1. The fourth-order valence-corrected chi connectivity index (χ4v) is 3.01. The molecule has 0 saturated carbocycles. The van der Waals surface area contributed by atoms with Crippen LogP contribution in [0.2, 0.25) is 0 Å². The van der Waals surface area contributed by atoms with Crippen molar-refractivity contribution in [1.29, 1.82) is 0 Å². The molecular formula is C14H14N4O3S2. The summed E-state index contributed by atoms with van der Waals surface area (Å²) in [4.78, 5) is 16.1. The second-order valence-corrected chi connectivity index (χ2v) is 6.63. The summed E-state index contributed by atoms with van der Waals surface area (Å²) in [7, 11) is 0. The second-order valence-electron chi connectivity index (χ2n) is 4.64. The van der Waals surface area contributed by atoms with Crippen LogP contribution in [0.1, 0.15) is 22.4 Å². The van der Waals surface area contributed by atoms with Crippen molar-refractivity contribution in [2.45, 2.75) is 25.1 Å². The van der Waals surface area contributed by atoms with Crippen LogP contribution >= 0.6 is 23.1 Å². The van der Waals surface area contributed by atoms with Gasteiger partial charge in [-0.1, -0.05) is 11.8 Å². The number of hydrogen-bond acceptors (Lipinski definition) is 8. The zero-order valence-electron chi connectivity index (χ0n) is 12.3. The maximum Gasteiger partial charge on any atom is 0.277 e. The van der Waals surface area contributed by atoms with E-state index in [0.29, 0.717) is 29.8 Å². The van der Waals surface area contributed by atoms with Gasteiger partial charge in [0.2, 0.25) is 11.8 Å². The summed E-state index contributed by atoms with van der Waals surface area (Å²) < 4.78 is 10.6. The Labute approximate surface area is 140 Å². The Hall–Kier alpha value is -2.13. The van der Waals surface area contributed by atoms with E-state index in [1.807, 2.05) is 12.3 Å². The highest BCUT2D eigenvalue weighted by Crippen LogP contribution is 2.18. The minimum atomic E-state index is -0.124. The first-order valence-electron chi connectivity index (χ1n) is 6.84. The number of hydrogen-bond donors (Lipinski definition) is 1. The molecule has 0 bridgehead atoms. The van der Waals surface area contributed by atoms with Crippen LogP contribution < -0.4 is 5.32 Å². The fourth-order valence-electron chi connectivity index (χ4n) is 1.79. The van der Waals surface area contributed by atoms with Crippen molar-refractivity contribution >= 4 is 29.0 Å². The van der Waals surface area contributed by atoms with Gasteiger partial charge in [0.05, 0.1) is 35.7 Å². The predicted molar refractivity (Wildman–Crippen MR) is 85.2 cm³/mol. The van der Waals surface area contributed by atoms with E-state index < -0.39 is 0 Å². The smallest absolute Gasteiger partial charge is 0.277 e. The van der Waals surface area contributed by atoms with Gasteiger partial charge in [0.1, 0.15) is 5.76 Å². The summed E-state index contributed by atoms with van der Waals surface area (Å²) in [6, 6.07) is 3.58. The van der Waals surface area contributed by atoms with E-state index in [1.54, 1.807) is 29.7 Å². The molecule has 9 heteroatoms. The molecule has 23 heavy (non-hydrogen) atoms. The predicted octanol–water partition coefficient (Wildman–Crippen LogP) is 2.43. The molecule has 0 aromatic carbocycles. The van der Waals surface area contributed by atoms with Crippen LogP contribution in [-0.2, 0) is 17.8 Å². The normalized spacial score (nSPS) is 10.8. The molecule has 0 spiro atoms. The quantitative estimate of drug-likeness (QED) is 0.654. The van der Waals surface area contributed by atoms with Gasteiger partial charge in [0, 0.05) is 5.38 Å². The van der Waals surface area contributed by atoms with Gasteiger partial charge in [-0.25, -0.2) is 4.98 Å². The number of rotatable bonds is 7. The highest BCUT2D eigenvalue weighted by atomic mass is 32.2. The average molecular weight is 350 g/mol. The summed E-state index contributed by atoms with van der Waals surface area (Å²) in [5.41, 5.74) is 0.906. The standard InChI is InChI=1S/C14H14N4O3S2/c1-9-16-10(7-22-9)5-13-17-18-14(21-13)23-8-12(19)15-6-11-3-2-4-20-11/h2-4,7H,5-6,8H2,1H3,(H,15,19). The lowest BCUT2D eigenvalue weighted by atomic mass is 10.3. The molecule has 3 rings (SSSR count). The van der Waals surface area contributed by atoms with E-state index in [9.17, 15) is 4.79 Å². The molecule has 0 saturated heterocycles. The van der Waals surface area contributed by atoms with Crippen molar-refractivity contribution < 1.29 is 13.6 Å². The molecule has 0 aliphatic carbocycles. The number of thiazole rings is 1. The van der Waals surface area contributed by atoms with Crippen molar-refractivity contribution in [3.8, 4) is 0 Å². The average Bonchev–Trinajstić information content (AvgIpc) is 3.26. The Bertz CT molecular complexity index is 767. The lowest BCUT2D eigenvalue weighted by Gasteiger charge is -2.00. The SMILES string of the molecule is Cc1nc(Cc2nnc(SCC(=O)NCc3ccco3)o2)cs1. The largest absolute Gasteiger partial charge is 0.467 e. The third-order valence-electron chi connectivity index (χ3n) is 2.81. The number of carbonyl (C=O) groups is 1. The highest BCUT2D eigenvalue weighted by Gasteiger charge is 2.11. The van der Waals surface area contributed by atoms with Gasteiger partial charge in [0.25, 0.3) is 5.22 Å². The molecule has 0 fully saturated rings. The van der Waals surface area contributed by atoms with E-state index in [-0.39, 0.29) is 11.7 Å². The lowest BCUT2D eigenvalue weighted by Crippen LogP contribution is -2.24. The van der Waals surface area contributed by atoms with Gasteiger partial charge in [0.15, 0.2) is 0 Å². The van der Waals surface area contributed by atoms with E-state index in [0.717, 1.165) is 10.7 Å². The van der Waals surface area contributed by atoms with Gasteiger partial charge < -0.3 is 14.2 Å². The Kier molecular flexibility index (Phi) is 5.09. The van der Waals surface area contributed by atoms with E-state index in [2.05, 4.69) is 20.5 Å². The minimum Gasteiger partial charge on any atom is -0.467 e. The van der Waals surface area contributed by atoms with Crippen LogP contribution in [0.5, 0.6) is 0 Å². The van der Waals surface area contributed by atoms with Gasteiger partial charge in [-0.3, -0.25) is 4.79 Å². The fraction of sp³-hybridized carbons (Fsp3) is 0.286. The van der Waals surface area contributed by atoms with E-state index >= 15 is 0 Å². The summed E-state index contributed by atoms with van der Waals surface area (Å²) in [5, 5.41) is 14.0. The van der Waals surface area contributed by atoms with Crippen LogP contribution in [0.4, 0.5) is 0 Å². The molecule has 0 aliphatic rings. The van der Waals surface area contributed by atoms with Crippen molar-refractivity contribution in [2.24, 2.45) is 0 Å². The number of nitrogens with zero attached hydrogens (tertiary/aromatic N) is 3. The molecule has 3 aromatic heterocycles. The Morgan fingerprint density at radius 3 is 3.09 bits per heavy atom. The Balaban J connectivity index is 1.44. The van der Waals surface area contributed by atoms with Crippen molar-refractivity contribution in [3.63, 3.8) is 0 Å². The number of amides is 1. The van der Waals surface area contributed by atoms with Crippen molar-refractivity contribution in [2.75, 3.05) is 5.75 Å². The molecule has 1 amide bonds. The molecule has 0 aliphatic heterocycles. The third-order valence-corrected chi connectivity index (χ3v) is 4.45. The monoisotopic (exact) mass is 350 g/mol. The summed E-state index contributed by atoms with van der Waals surface area (Å²) >= 11 is 2.78. The molecule has 3 aromatic rings. The van der Waals surface area contributed by atoms with Crippen LogP contribution in [-0.4, -0.2) is 26.8 Å². The molecule has 0 radical (unpaired) electrons. The van der Waals surface area contributed by atoms with Crippen LogP contribution in [0.15, 0.2) is 37.8 Å². The first kappa shape index (κ1) is 15.8. The van der Waals surface area contributed by atoms with Crippen LogP contribution in [0.3, 0.4) is 0 Å². The van der Waals surface area contributed by atoms with Crippen molar-refractivity contribution in [3.05, 3.63) is 46.1 Å². The summed E-state index contributed by atoms with van der Waals surface area (Å²) in [5.74, 6) is 1.29. The molecule has 7 nitrogen and oxygen atoms in total. The first-order valence-corrected chi connectivity index (χ1v) is 8.71. The Morgan fingerprint density at radius 2 is 2.35 bits per heavy atom. The molecule has 0 atom stereocenters. The topological polar surface area (TPSA) is 94.0 Å². The Morgan fingerprint density at radius 1 is 1.43 bits per heavy atom. The maximum atomic E-state index is 11.7. The summed E-state index contributed by atoms with van der Waals surface area (Å²) in [6.07, 6.45) is 2.07. The van der Waals surface area contributed by atoms with E-state index in [4.69, 9.17) is 8.83 Å². The van der Waals surface area contributed by atoms with Gasteiger partial charge in [-0.05, 0) is 19.1 Å². The third kappa shape index (κ3) is 4.67. The number of carbonyl (C=O) groups excluding carboxylic acids is 1. The molecular weight excluding hydrogens is 336 g/mol. The zero-order valence-corrected chi connectivity index (χ0v) is 13.9. The maximum absolute atomic E-state index is 11.7. The number of nitrogens with one attached hydrogen (secondary N) is 1. The van der Waals surface area contributed by atoms with Crippen molar-refractivity contribution in [1.82, 2.24) is 20.5 Å². The number of aromatic nitrogens is 3. The molecule has 1 N–H and O–H groups in total. The van der Waals surface area contributed by atoms with Crippen LogP contribution in [0.25, 0.3) is 0 Å². The number of furan rings is 1. The number of aryl methyl sites for hydroxylation is 1. The van der Waals surface area contributed by atoms with Gasteiger partial charge in [-0.2, -0.15) is 0 Å². The second kappa shape index (κ2) is 7.42. The minimum absolute atomic E-state index is 0.124. The molecule has 120 valence electrons. The van der Waals surface area contributed by atoms with Crippen LogP contribution in [0, 0.1) is 6.92 Å². The molecule has 3 heterocycles. The lowest BCUT2D eigenvalue weighted by molar-refractivity contribution is -0.118. The van der Waals surface area contributed by atoms with Gasteiger partial charge in [-0.15, -0.1) is 21.5 Å². The first-order chi connectivity index (χ1) is 11.2. The number of thioether (sulfide) groups is 1. The van der Waals surface area contributed by atoms with E-state index in [1.165, 1.54) is 11.8 Å².